The maximum absolute atomic E-state index is 9.90. The average Bonchev–Trinajstić information content (AvgIpc) is 2.41. The Hall–Kier alpha value is -0.930. The van der Waals surface area contributed by atoms with Gasteiger partial charge in [-0.25, -0.2) is 0 Å². The molecule has 106 valence electrons. The minimum absolute atomic E-state index is 0.0425. The summed E-state index contributed by atoms with van der Waals surface area (Å²) in [6, 6.07) is 10.9. The molecule has 2 rings (SSSR count). The van der Waals surface area contributed by atoms with E-state index >= 15 is 0 Å². The Morgan fingerprint density at radius 1 is 1.10 bits per heavy atom. The second-order valence-electron chi connectivity index (χ2n) is 4.52. The Morgan fingerprint density at radius 3 is 2.50 bits per heavy atom. The standard InChI is InChI=1S/C15H14Cl3NO/c1-9(12-4-2-3-5-13(12)17)19-8-10-6-11(16)7-14(18)15(10)20/h2-7,9,19-20H,8H2,1H3. The minimum Gasteiger partial charge on any atom is -0.506 e. The van der Waals surface area contributed by atoms with E-state index in [4.69, 9.17) is 34.8 Å². The largest absolute Gasteiger partial charge is 0.506 e. The number of hydrogen-bond acceptors (Lipinski definition) is 2. The molecule has 1 atom stereocenters. The van der Waals surface area contributed by atoms with E-state index in [1.807, 2.05) is 31.2 Å². The molecule has 0 amide bonds. The molecule has 2 nitrogen and oxygen atoms in total. The van der Waals surface area contributed by atoms with Gasteiger partial charge in [-0.3, -0.25) is 0 Å². The number of rotatable bonds is 4. The number of phenols is 1. The van der Waals surface area contributed by atoms with Crippen molar-refractivity contribution in [1.29, 1.82) is 0 Å². The Kier molecular flexibility index (Phi) is 5.17. The zero-order chi connectivity index (χ0) is 14.7. The van der Waals surface area contributed by atoms with Crippen molar-refractivity contribution >= 4 is 34.8 Å². The molecule has 2 N–H and O–H groups in total. The van der Waals surface area contributed by atoms with Crippen LogP contribution in [0.1, 0.15) is 24.1 Å². The van der Waals surface area contributed by atoms with Crippen molar-refractivity contribution in [3.8, 4) is 5.75 Å². The fourth-order valence-electron chi connectivity index (χ4n) is 1.95. The molecule has 0 aliphatic carbocycles. The van der Waals surface area contributed by atoms with Crippen LogP contribution in [-0.2, 0) is 6.54 Å². The van der Waals surface area contributed by atoms with E-state index in [-0.39, 0.29) is 16.8 Å². The van der Waals surface area contributed by atoms with Crippen LogP contribution < -0.4 is 5.32 Å². The molecule has 0 saturated heterocycles. The van der Waals surface area contributed by atoms with Gasteiger partial charge in [0.15, 0.2) is 0 Å². The third-order valence-electron chi connectivity index (χ3n) is 3.08. The lowest BCUT2D eigenvalue weighted by atomic mass is 10.1. The van der Waals surface area contributed by atoms with E-state index in [1.165, 1.54) is 6.07 Å². The van der Waals surface area contributed by atoms with Gasteiger partial charge in [-0.15, -0.1) is 0 Å². The monoisotopic (exact) mass is 329 g/mol. The molecule has 0 saturated carbocycles. The summed E-state index contributed by atoms with van der Waals surface area (Å²) in [5.74, 6) is 0.0509. The van der Waals surface area contributed by atoms with Crippen LogP contribution in [0.4, 0.5) is 0 Å². The summed E-state index contributed by atoms with van der Waals surface area (Å²) < 4.78 is 0. The summed E-state index contributed by atoms with van der Waals surface area (Å²) >= 11 is 18.0. The van der Waals surface area contributed by atoms with Gasteiger partial charge in [0, 0.05) is 28.2 Å². The van der Waals surface area contributed by atoms with Gasteiger partial charge < -0.3 is 10.4 Å². The first-order chi connectivity index (χ1) is 9.49. The molecule has 1 unspecified atom stereocenters. The summed E-state index contributed by atoms with van der Waals surface area (Å²) in [6.07, 6.45) is 0. The van der Waals surface area contributed by atoms with Crippen molar-refractivity contribution in [2.24, 2.45) is 0 Å². The van der Waals surface area contributed by atoms with Crippen molar-refractivity contribution in [2.75, 3.05) is 0 Å². The Labute approximate surface area is 133 Å². The molecular weight excluding hydrogens is 317 g/mol. The van der Waals surface area contributed by atoms with Crippen LogP contribution in [0.25, 0.3) is 0 Å². The predicted octanol–water partition coefficient (Wildman–Crippen LogP) is 5.20. The number of aromatic hydroxyl groups is 1. The summed E-state index contributed by atoms with van der Waals surface area (Å²) in [6.45, 7) is 2.45. The van der Waals surface area contributed by atoms with Gasteiger partial charge in [-0.1, -0.05) is 53.0 Å². The summed E-state index contributed by atoms with van der Waals surface area (Å²) in [5, 5.41) is 14.6. The van der Waals surface area contributed by atoms with E-state index < -0.39 is 0 Å². The molecular formula is C15H14Cl3NO. The van der Waals surface area contributed by atoms with E-state index in [9.17, 15) is 5.11 Å². The molecule has 0 aliphatic rings. The van der Waals surface area contributed by atoms with Crippen LogP contribution in [-0.4, -0.2) is 5.11 Å². The molecule has 0 spiro atoms. The maximum Gasteiger partial charge on any atom is 0.138 e. The molecule has 5 heteroatoms. The zero-order valence-electron chi connectivity index (χ0n) is 10.8. The van der Waals surface area contributed by atoms with E-state index in [2.05, 4.69) is 5.32 Å². The quantitative estimate of drug-likeness (QED) is 0.807. The third kappa shape index (κ3) is 3.58. The first-order valence-corrected chi connectivity index (χ1v) is 7.27. The molecule has 2 aromatic rings. The van der Waals surface area contributed by atoms with Crippen molar-refractivity contribution in [3.05, 3.63) is 62.6 Å². The lowest BCUT2D eigenvalue weighted by Crippen LogP contribution is -2.18. The second kappa shape index (κ2) is 6.68. The maximum atomic E-state index is 9.90. The van der Waals surface area contributed by atoms with E-state index in [1.54, 1.807) is 6.07 Å². The highest BCUT2D eigenvalue weighted by Gasteiger charge is 2.12. The second-order valence-corrected chi connectivity index (χ2v) is 5.77. The summed E-state index contributed by atoms with van der Waals surface area (Å²) in [5.41, 5.74) is 1.66. The molecule has 0 fully saturated rings. The van der Waals surface area contributed by atoms with Crippen LogP contribution in [0.2, 0.25) is 15.1 Å². The first-order valence-electron chi connectivity index (χ1n) is 6.13. The number of hydrogen-bond donors (Lipinski definition) is 2. The fourth-order valence-corrected chi connectivity index (χ4v) is 2.79. The van der Waals surface area contributed by atoms with Crippen molar-refractivity contribution in [3.63, 3.8) is 0 Å². The van der Waals surface area contributed by atoms with Crippen LogP contribution in [0.3, 0.4) is 0 Å². The smallest absolute Gasteiger partial charge is 0.138 e. The first kappa shape index (κ1) is 15.5. The summed E-state index contributed by atoms with van der Waals surface area (Å²) in [4.78, 5) is 0. The zero-order valence-corrected chi connectivity index (χ0v) is 13.1. The van der Waals surface area contributed by atoms with Crippen LogP contribution in [0.15, 0.2) is 36.4 Å². The van der Waals surface area contributed by atoms with Crippen molar-refractivity contribution < 1.29 is 5.11 Å². The normalized spacial score (nSPS) is 12.4. The van der Waals surface area contributed by atoms with Crippen LogP contribution >= 0.6 is 34.8 Å². The van der Waals surface area contributed by atoms with Gasteiger partial charge >= 0.3 is 0 Å². The fraction of sp³-hybridized carbons (Fsp3) is 0.200. The number of phenolic OH excluding ortho intramolecular Hbond substituents is 1. The molecule has 0 aromatic heterocycles. The lowest BCUT2D eigenvalue weighted by Gasteiger charge is -2.16. The van der Waals surface area contributed by atoms with Gasteiger partial charge in [0.1, 0.15) is 5.75 Å². The van der Waals surface area contributed by atoms with E-state index in [0.717, 1.165) is 5.56 Å². The third-order valence-corrected chi connectivity index (χ3v) is 3.93. The van der Waals surface area contributed by atoms with Crippen LogP contribution in [0.5, 0.6) is 5.75 Å². The van der Waals surface area contributed by atoms with Crippen molar-refractivity contribution in [2.45, 2.75) is 19.5 Å². The van der Waals surface area contributed by atoms with Gasteiger partial charge in [-0.05, 0) is 30.7 Å². The molecule has 0 heterocycles. The van der Waals surface area contributed by atoms with E-state index in [0.29, 0.717) is 22.2 Å². The van der Waals surface area contributed by atoms with Crippen LogP contribution in [0, 0.1) is 0 Å². The summed E-state index contributed by atoms with van der Waals surface area (Å²) in [7, 11) is 0. The topological polar surface area (TPSA) is 32.3 Å². The highest BCUT2D eigenvalue weighted by atomic mass is 35.5. The SMILES string of the molecule is CC(NCc1cc(Cl)cc(Cl)c1O)c1ccccc1Cl. The molecule has 2 aromatic carbocycles. The molecule has 0 bridgehead atoms. The molecule has 0 radical (unpaired) electrons. The number of nitrogens with one attached hydrogen (secondary N) is 1. The van der Waals surface area contributed by atoms with Gasteiger partial charge in [-0.2, -0.15) is 0 Å². The Bertz CT molecular complexity index is 616. The van der Waals surface area contributed by atoms with Crippen molar-refractivity contribution in [1.82, 2.24) is 5.32 Å². The highest BCUT2D eigenvalue weighted by molar-refractivity contribution is 6.35. The molecule has 20 heavy (non-hydrogen) atoms. The Balaban J connectivity index is 2.11. The number of halogens is 3. The van der Waals surface area contributed by atoms with Gasteiger partial charge in [0.2, 0.25) is 0 Å². The lowest BCUT2D eigenvalue weighted by molar-refractivity contribution is 0.460. The Morgan fingerprint density at radius 2 is 1.80 bits per heavy atom. The predicted molar refractivity (Wildman–Crippen MR) is 84.8 cm³/mol. The molecule has 0 aliphatic heterocycles. The van der Waals surface area contributed by atoms with Gasteiger partial charge in [0.05, 0.1) is 5.02 Å². The highest BCUT2D eigenvalue weighted by Crippen LogP contribution is 2.31. The minimum atomic E-state index is 0.0425. The average molecular weight is 331 g/mol. The van der Waals surface area contributed by atoms with Gasteiger partial charge in [0.25, 0.3) is 0 Å². The number of benzene rings is 2.